The van der Waals surface area contributed by atoms with E-state index in [-0.39, 0.29) is 11.8 Å². The molecule has 5 rings (SSSR count). The molecule has 4 aliphatic heterocycles. The predicted octanol–water partition coefficient (Wildman–Crippen LogP) is 1.58. The molecule has 4 saturated heterocycles. The van der Waals surface area contributed by atoms with Gasteiger partial charge >= 0.3 is 0 Å². The molecule has 0 N–H and O–H groups in total. The molecule has 5 nitrogen and oxygen atoms in total. The van der Waals surface area contributed by atoms with Gasteiger partial charge < -0.3 is 9.80 Å². The maximum Gasteiger partial charge on any atom is 0.227 e. The van der Waals surface area contributed by atoms with Crippen molar-refractivity contribution in [2.24, 2.45) is 23.7 Å². The van der Waals surface area contributed by atoms with E-state index < -0.39 is 0 Å². The lowest BCUT2D eigenvalue weighted by Gasteiger charge is -2.36. The molecule has 0 aromatic heterocycles. The van der Waals surface area contributed by atoms with Gasteiger partial charge in [0.05, 0.1) is 5.92 Å². The van der Waals surface area contributed by atoms with Crippen LogP contribution in [0.1, 0.15) is 44.9 Å². The first-order valence-electron chi connectivity index (χ1n) is 10.5. The Labute approximate surface area is 150 Å². The van der Waals surface area contributed by atoms with E-state index in [4.69, 9.17) is 0 Å². The van der Waals surface area contributed by atoms with E-state index in [0.29, 0.717) is 30.2 Å². The lowest BCUT2D eigenvalue weighted by Crippen LogP contribution is -2.47. The minimum Gasteiger partial charge on any atom is -0.342 e. The van der Waals surface area contributed by atoms with E-state index in [1.54, 1.807) is 0 Å². The molecular formula is C20H31N3O2. The number of nitrogens with zero attached hydrogens (tertiary/aromatic N) is 3. The Balaban J connectivity index is 1.21. The summed E-state index contributed by atoms with van der Waals surface area (Å²) < 4.78 is 0. The van der Waals surface area contributed by atoms with Crippen LogP contribution < -0.4 is 0 Å². The van der Waals surface area contributed by atoms with Crippen molar-refractivity contribution in [2.45, 2.75) is 51.0 Å². The van der Waals surface area contributed by atoms with Gasteiger partial charge in [-0.25, -0.2) is 0 Å². The van der Waals surface area contributed by atoms with Gasteiger partial charge in [-0.15, -0.1) is 0 Å². The lowest BCUT2D eigenvalue weighted by molar-refractivity contribution is -0.141. The van der Waals surface area contributed by atoms with Gasteiger partial charge in [0, 0.05) is 44.7 Å². The molecule has 4 atom stereocenters. The minimum atomic E-state index is 0.0535. The summed E-state index contributed by atoms with van der Waals surface area (Å²) in [6.07, 6.45) is 8.12. The molecule has 4 heterocycles. The second kappa shape index (κ2) is 6.26. The maximum absolute atomic E-state index is 13.1. The molecule has 0 bridgehead atoms. The summed E-state index contributed by atoms with van der Waals surface area (Å²) in [5, 5.41) is 0. The van der Waals surface area contributed by atoms with Crippen molar-refractivity contribution in [2.75, 3.05) is 39.3 Å². The van der Waals surface area contributed by atoms with E-state index in [9.17, 15) is 9.59 Å². The van der Waals surface area contributed by atoms with Crippen LogP contribution in [0, 0.1) is 23.7 Å². The van der Waals surface area contributed by atoms with Crippen LogP contribution in [0.2, 0.25) is 0 Å². The van der Waals surface area contributed by atoms with Gasteiger partial charge in [0.2, 0.25) is 11.8 Å². The average molecular weight is 345 g/mol. The molecule has 0 aromatic carbocycles. The van der Waals surface area contributed by atoms with E-state index in [1.165, 1.54) is 32.4 Å². The molecular weight excluding hydrogens is 314 g/mol. The predicted molar refractivity (Wildman–Crippen MR) is 94.8 cm³/mol. The zero-order chi connectivity index (χ0) is 17.0. The van der Waals surface area contributed by atoms with Crippen LogP contribution in [0.25, 0.3) is 0 Å². The number of carbonyl (C=O) groups excluding carboxylic acids is 2. The Morgan fingerprint density at radius 2 is 1.52 bits per heavy atom. The third-order valence-corrected chi connectivity index (χ3v) is 7.44. The number of rotatable bonds is 2. The van der Waals surface area contributed by atoms with E-state index in [0.717, 1.165) is 51.4 Å². The van der Waals surface area contributed by atoms with Crippen LogP contribution in [0.4, 0.5) is 0 Å². The molecule has 0 spiro atoms. The van der Waals surface area contributed by atoms with Crippen LogP contribution in [0.3, 0.4) is 0 Å². The average Bonchev–Trinajstić information content (AvgIpc) is 3.32. The standard InChI is InChI=1S/C20H31N3O2/c24-19(14-6-7-14)22-9-3-4-15(10-22)20(25)23-12-16-11-21-8-2-1-5-18(21)17(16)13-23/h14-18H,1-13H2/t15-,16-,17-,18-/m1/s1. The Morgan fingerprint density at radius 1 is 0.680 bits per heavy atom. The van der Waals surface area contributed by atoms with Gasteiger partial charge in [0.1, 0.15) is 0 Å². The summed E-state index contributed by atoms with van der Waals surface area (Å²) in [6, 6.07) is 0.732. The highest BCUT2D eigenvalue weighted by Gasteiger charge is 2.49. The summed E-state index contributed by atoms with van der Waals surface area (Å²) in [5.41, 5.74) is 0. The molecule has 25 heavy (non-hydrogen) atoms. The Bertz CT molecular complexity index is 561. The summed E-state index contributed by atoms with van der Waals surface area (Å²) in [7, 11) is 0. The molecule has 0 radical (unpaired) electrons. The summed E-state index contributed by atoms with van der Waals surface area (Å²) >= 11 is 0. The molecule has 138 valence electrons. The largest absolute Gasteiger partial charge is 0.342 e. The first-order valence-corrected chi connectivity index (χ1v) is 10.5. The smallest absolute Gasteiger partial charge is 0.227 e. The number of hydrogen-bond donors (Lipinski definition) is 0. The van der Waals surface area contributed by atoms with Crippen LogP contribution >= 0.6 is 0 Å². The van der Waals surface area contributed by atoms with Crippen molar-refractivity contribution in [1.82, 2.24) is 14.7 Å². The summed E-state index contributed by atoms with van der Waals surface area (Å²) in [4.78, 5) is 32.3. The molecule has 0 unspecified atom stereocenters. The Hall–Kier alpha value is -1.10. The molecule has 5 heteroatoms. The highest BCUT2D eigenvalue weighted by molar-refractivity contribution is 5.83. The summed E-state index contributed by atoms with van der Waals surface area (Å²) in [5.74, 6) is 2.38. The van der Waals surface area contributed by atoms with Crippen molar-refractivity contribution < 1.29 is 9.59 Å². The molecule has 1 saturated carbocycles. The zero-order valence-corrected chi connectivity index (χ0v) is 15.2. The maximum atomic E-state index is 13.1. The van der Waals surface area contributed by atoms with Gasteiger partial charge in [-0.2, -0.15) is 0 Å². The first kappa shape index (κ1) is 16.1. The fourth-order valence-electron chi connectivity index (χ4n) is 5.96. The fraction of sp³-hybridized carbons (Fsp3) is 0.900. The quantitative estimate of drug-likeness (QED) is 0.763. The highest BCUT2D eigenvalue weighted by atomic mass is 16.2. The van der Waals surface area contributed by atoms with Crippen LogP contribution in [0.5, 0.6) is 0 Å². The third-order valence-electron chi connectivity index (χ3n) is 7.44. The van der Waals surface area contributed by atoms with Gasteiger partial charge in [-0.05, 0) is 56.9 Å². The molecule has 5 fully saturated rings. The number of likely N-dealkylation sites (tertiary alicyclic amines) is 2. The van der Waals surface area contributed by atoms with Gasteiger partial charge in [-0.1, -0.05) is 6.42 Å². The van der Waals surface area contributed by atoms with Crippen LogP contribution in [-0.2, 0) is 9.59 Å². The lowest BCUT2D eigenvalue weighted by atomic mass is 9.90. The normalized spacial score (nSPS) is 38.6. The van der Waals surface area contributed by atoms with Crippen molar-refractivity contribution in [3.05, 3.63) is 0 Å². The highest BCUT2D eigenvalue weighted by Crippen LogP contribution is 2.41. The van der Waals surface area contributed by atoms with Crippen molar-refractivity contribution in [1.29, 1.82) is 0 Å². The van der Waals surface area contributed by atoms with Crippen molar-refractivity contribution in [3.8, 4) is 0 Å². The third kappa shape index (κ3) is 2.88. The van der Waals surface area contributed by atoms with Gasteiger partial charge in [-0.3, -0.25) is 14.5 Å². The monoisotopic (exact) mass is 345 g/mol. The van der Waals surface area contributed by atoms with Crippen molar-refractivity contribution >= 4 is 11.8 Å². The van der Waals surface area contributed by atoms with E-state index in [2.05, 4.69) is 9.80 Å². The minimum absolute atomic E-state index is 0.0535. The number of hydrogen-bond acceptors (Lipinski definition) is 3. The topological polar surface area (TPSA) is 43.9 Å². The Kier molecular flexibility index (Phi) is 4.03. The van der Waals surface area contributed by atoms with Gasteiger partial charge in [0.15, 0.2) is 0 Å². The molecule has 0 aromatic rings. The number of piperidine rings is 2. The SMILES string of the molecule is O=C(C1CC1)N1CCC[C@@H](C(=O)N2C[C@H]3CN4CCCC[C@@H]4[C@@H]3C2)C1. The van der Waals surface area contributed by atoms with E-state index in [1.807, 2.05) is 4.90 Å². The number of fused-ring (bicyclic) bond motifs is 3. The number of amides is 2. The fourth-order valence-corrected chi connectivity index (χ4v) is 5.96. The van der Waals surface area contributed by atoms with Crippen LogP contribution in [-0.4, -0.2) is 71.8 Å². The first-order chi connectivity index (χ1) is 12.2. The van der Waals surface area contributed by atoms with E-state index >= 15 is 0 Å². The van der Waals surface area contributed by atoms with Gasteiger partial charge in [0.25, 0.3) is 0 Å². The Morgan fingerprint density at radius 3 is 2.36 bits per heavy atom. The second-order valence-corrected chi connectivity index (χ2v) is 9.12. The number of carbonyl (C=O) groups is 2. The molecule has 1 aliphatic carbocycles. The summed E-state index contributed by atoms with van der Waals surface area (Å²) in [6.45, 7) is 5.95. The molecule has 5 aliphatic rings. The van der Waals surface area contributed by atoms with Crippen molar-refractivity contribution in [3.63, 3.8) is 0 Å². The van der Waals surface area contributed by atoms with Crippen LogP contribution in [0.15, 0.2) is 0 Å². The molecule has 2 amide bonds. The zero-order valence-electron chi connectivity index (χ0n) is 15.2. The second-order valence-electron chi connectivity index (χ2n) is 9.12.